The second-order valence-corrected chi connectivity index (χ2v) is 14.0. The van der Waals surface area contributed by atoms with Crippen LogP contribution in [0.3, 0.4) is 0 Å². The maximum atomic E-state index is 2.52. The molecule has 2 nitrogen and oxygen atoms in total. The lowest BCUT2D eigenvalue weighted by atomic mass is 9.64. The van der Waals surface area contributed by atoms with Gasteiger partial charge in [0.2, 0.25) is 0 Å². The minimum absolute atomic E-state index is 0.492. The molecule has 0 saturated carbocycles. The van der Waals surface area contributed by atoms with Gasteiger partial charge < -0.3 is 9.13 Å². The van der Waals surface area contributed by atoms with Crippen LogP contribution in [0.2, 0.25) is 0 Å². The van der Waals surface area contributed by atoms with Crippen LogP contribution in [0.1, 0.15) is 22.3 Å². The summed E-state index contributed by atoms with van der Waals surface area (Å²) in [5.41, 5.74) is 17.4. The lowest BCUT2D eigenvalue weighted by molar-refractivity contribution is 0.750. The van der Waals surface area contributed by atoms with E-state index in [9.17, 15) is 0 Å². The molecule has 0 amide bonds. The van der Waals surface area contributed by atoms with Gasteiger partial charge in [-0.3, -0.25) is 0 Å². The maximum absolute atomic E-state index is 2.52. The number of rotatable bonds is 2. The summed E-state index contributed by atoms with van der Waals surface area (Å²) in [6, 6.07) is 67.7. The minimum atomic E-state index is -0.492. The summed E-state index contributed by atoms with van der Waals surface area (Å²) in [6.45, 7) is 0. The van der Waals surface area contributed by atoms with E-state index in [1.54, 1.807) is 0 Å². The van der Waals surface area contributed by atoms with Gasteiger partial charge in [-0.1, -0.05) is 146 Å². The van der Waals surface area contributed by atoms with Crippen LogP contribution in [-0.2, 0) is 5.41 Å². The van der Waals surface area contributed by atoms with E-state index in [0.717, 1.165) is 0 Å². The van der Waals surface area contributed by atoms with Crippen molar-refractivity contribution < 1.29 is 0 Å². The first-order valence-corrected chi connectivity index (χ1v) is 17.8. The number of fused-ring (bicyclic) bond motifs is 15. The molecule has 0 fully saturated rings. The zero-order valence-corrected chi connectivity index (χ0v) is 27.7. The van der Waals surface area contributed by atoms with Crippen LogP contribution in [0.5, 0.6) is 0 Å². The van der Waals surface area contributed by atoms with E-state index in [2.05, 4.69) is 191 Å². The fourth-order valence-corrected chi connectivity index (χ4v) is 9.85. The topological polar surface area (TPSA) is 9.86 Å². The van der Waals surface area contributed by atoms with E-state index in [1.807, 2.05) is 0 Å². The van der Waals surface area contributed by atoms with E-state index in [4.69, 9.17) is 0 Å². The average molecular weight is 647 g/mol. The molecule has 236 valence electrons. The lowest BCUT2D eigenvalue weighted by Gasteiger charge is -2.40. The first-order valence-electron chi connectivity index (χ1n) is 17.8. The molecule has 1 aliphatic carbocycles. The van der Waals surface area contributed by atoms with Gasteiger partial charge in [0.25, 0.3) is 0 Å². The summed E-state index contributed by atoms with van der Waals surface area (Å²) in [7, 11) is 0. The van der Waals surface area contributed by atoms with Gasteiger partial charge in [0.15, 0.2) is 0 Å². The van der Waals surface area contributed by atoms with E-state index in [-0.39, 0.29) is 0 Å². The number of aromatic nitrogens is 2. The highest BCUT2D eigenvalue weighted by molar-refractivity contribution is 6.13. The Kier molecular flexibility index (Phi) is 5.20. The van der Waals surface area contributed by atoms with Gasteiger partial charge in [0.05, 0.1) is 33.2 Å². The molecule has 0 bridgehead atoms. The third-order valence-electron chi connectivity index (χ3n) is 11.7. The molecule has 1 aliphatic heterocycles. The van der Waals surface area contributed by atoms with Crippen LogP contribution in [0.15, 0.2) is 182 Å². The normalized spacial score (nSPS) is 15.5. The van der Waals surface area contributed by atoms with Gasteiger partial charge in [-0.05, 0) is 80.9 Å². The fourth-order valence-electron chi connectivity index (χ4n) is 9.85. The fraction of sp³-hybridized carbons (Fsp3) is 0.0204. The molecule has 51 heavy (non-hydrogen) atoms. The zero-order valence-electron chi connectivity index (χ0n) is 27.7. The Labute approximate surface area is 295 Å². The second kappa shape index (κ2) is 9.74. The monoisotopic (exact) mass is 646 g/mol. The minimum Gasteiger partial charge on any atom is -0.309 e. The van der Waals surface area contributed by atoms with Crippen molar-refractivity contribution in [3.8, 4) is 33.6 Å². The number of para-hydroxylation sites is 5. The van der Waals surface area contributed by atoms with E-state index >= 15 is 0 Å². The Morgan fingerprint density at radius 2 is 0.843 bits per heavy atom. The highest BCUT2D eigenvalue weighted by atomic mass is 15.0. The molecule has 2 heteroatoms. The van der Waals surface area contributed by atoms with Crippen LogP contribution in [-0.4, -0.2) is 9.13 Å². The molecule has 1 unspecified atom stereocenters. The molecular weight excluding hydrogens is 617 g/mol. The van der Waals surface area contributed by atoms with Crippen molar-refractivity contribution in [2.24, 2.45) is 0 Å². The Bertz CT molecular complexity index is 3030. The van der Waals surface area contributed by atoms with Gasteiger partial charge in [-0.2, -0.15) is 0 Å². The van der Waals surface area contributed by atoms with Crippen molar-refractivity contribution in [2.45, 2.75) is 5.41 Å². The molecule has 10 aromatic rings. The SMILES string of the molecule is c1ccc2c(c1)-c1cccc(-c3ccc(-n4c5ccccc5c5ccccc54)cc3)c1C21c2ccccc2-n2c3ccccc3c3cccc1c32. The second-order valence-electron chi connectivity index (χ2n) is 14.0. The molecule has 1 atom stereocenters. The summed E-state index contributed by atoms with van der Waals surface area (Å²) in [5.74, 6) is 0. The van der Waals surface area contributed by atoms with Gasteiger partial charge in [-0.15, -0.1) is 0 Å². The Hall–Kier alpha value is -6.64. The quantitative estimate of drug-likeness (QED) is 0.177. The standard InChI is InChI=1S/C49H30N2/c1-5-20-40-34(13-1)38-18-11-17-33(31-27-29-32(30-28-31)50-43-23-7-2-14-35(43)36-15-3-8-24-44(36)50)47(38)49(40)41-21-6-10-26-46(41)51-45-25-9-4-16-37(45)39-19-12-22-42(49)48(39)51/h1-30H. The van der Waals surface area contributed by atoms with Crippen LogP contribution in [0.4, 0.5) is 0 Å². The molecule has 2 aliphatic rings. The van der Waals surface area contributed by atoms with Crippen molar-refractivity contribution in [1.82, 2.24) is 9.13 Å². The average Bonchev–Trinajstić information content (AvgIpc) is 3.83. The van der Waals surface area contributed by atoms with Crippen LogP contribution in [0, 0.1) is 0 Å². The van der Waals surface area contributed by atoms with Crippen molar-refractivity contribution in [3.05, 3.63) is 204 Å². The molecule has 3 heterocycles. The molecule has 0 radical (unpaired) electrons. The zero-order chi connectivity index (χ0) is 33.3. The van der Waals surface area contributed by atoms with Crippen molar-refractivity contribution >= 4 is 43.6 Å². The first kappa shape index (κ1) is 27.2. The van der Waals surface area contributed by atoms with Gasteiger partial charge >= 0.3 is 0 Å². The molecule has 1 spiro atoms. The summed E-state index contributed by atoms with van der Waals surface area (Å²) >= 11 is 0. The molecule has 0 N–H and O–H groups in total. The van der Waals surface area contributed by atoms with E-state index < -0.39 is 5.41 Å². The van der Waals surface area contributed by atoms with E-state index in [0.29, 0.717) is 0 Å². The third-order valence-corrected chi connectivity index (χ3v) is 11.7. The van der Waals surface area contributed by atoms with Crippen LogP contribution in [0.25, 0.3) is 77.2 Å². The highest BCUT2D eigenvalue weighted by Gasteiger charge is 2.51. The lowest BCUT2D eigenvalue weighted by Crippen LogP contribution is -2.34. The summed E-state index contributed by atoms with van der Waals surface area (Å²) < 4.78 is 4.92. The number of hydrogen-bond acceptors (Lipinski definition) is 0. The summed E-state index contributed by atoms with van der Waals surface area (Å²) in [6.07, 6.45) is 0. The third kappa shape index (κ3) is 3.28. The number of nitrogens with zero attached hydrogens (tertiary/aromatic N) is 2. The molecular formula is C49H30N2. The molecule has 12 rings (SSSR count). The van der Waals surface area contributed by atoms with Gasteiger partial charge in [0.1, 0.15) is 0 Å². The highest BCUT2D eigenvalue weighted by Crippen LogP contribution is 2.62. The van der Waals surface area contributed by atoms with Crippen molar-refractivity contribution in [3.63, 3.8) is 0 Å². The summed E-state index contributed by atoms with van der Waals surface area (Å²) in [4.78, 5) is 0. The number of hydrogen-bond donors (Lipinski definition) is 0. The maximum Gasteiger partial charge on any atom is 0.0760 e. The predicted molar refractivity (Wildman–Crippen MR) is 211 cm³/mol. The largest absolute Gasteiger partial charge is 0.309 e. The van der Waals surface area contributed by atoms with Gasteiger partial charge in [-0.25, -0.2) is 0 Å². The van der Waals surface area contributed by atoms with Crippen LogP contribution >= 0.6 is 0 Å². The smallest absolute Gasteiger partial charge is 0.0760 e. The predicted octanol–water partition coefficient (Wildman–Crippen LogP) is 12.2. The summed E-state index contributed by atoms with van der Waals surface area (Å²) in [5, 5.41) is 5.15. The van der Waals surface area contributed by atoms with Crippen LogP contribution < -0.4 is 0 Å². The molecule has 2 aromatic heterocycles. The van der Waals surface area contributed by atoms with Crippen molar-refractivity contribution in [2.75, 3.05) is 0 Å². The van der Waals surface area contributed by atoms with Gasteiger partial charge in [0, 0.05) is 27.2 Å². The number of benzene rings is 8. The van der Waals surface area contributed by atoms with E-state index in [1.165, 1.54) is 99.5 Å². The molecule has 0 saturated heterocycles. The van der Waals surface area contributed by atoms with Crippen molar-refractivity contribution in [1.29, 1.82) is 0 Å². The Morgan fingerprint density at radius 3 is 1.59 bits per heavy atom. The Balaban J connectivity index is 1.16. The first-order chi connectivity index (χ1) is 25.3. The molecule has 8 aromatic carbocycles. The Morgan fingerprint density at radius 1 is 0.333 bits per heavy atom.